The number of carbonyl (C=O) groups excluding carboxylic acids is 1. The lowest BCUT2D eigenvalue weighted by atomic mass is 10.0. The molecule has 0 radical (unpaired) electrons. The van der Waals surface area contributed by atoms with Gasteiger partial charge in [-0.05, 0) is 32.3 Å². The Morgan fingerprint density at radius 3 is 2.57 bits per heavy atom. The second-order valence-corrected chi connectivity index (χ2v) is 8.22. The van der Waals surface area contributed by atoms with E-state index in [4.69, 9.17) is 9.72 Å². The number of pyridine rings is 1. The molecular weight excluding hydrogens is 380 g/mol. The normalized spacial score (nSPS) is 17.7. The maximum absolute atomic E-state index is 11.6. The molecule has 2 aromatic rings. The van der Waals surface area contributed by atoms with Crippen molar-refractivity contribution in [1.82, 2.24) is 25.2 Å². The molecule has 0 spiro atoms. The number of rotatable bonds is 5. The third-order valence-corrected chi connectivity index (χ3v) is 5.95. The van der Waals surface area contributed by atoms with E-state index in [0.717, 1.165) is 62.7 Å². The van der Waals surface area contributed by atoms with Gasteiger partial charge in [0.15, 0.2) is 0 Å². The average molecular weight is 411 g/mol. The number of nitrogens with one attached hydrogen (secondary N) is 1. The molecule has 4 rings (SSSR count). The molecule has 0 saturated carbocycles. The summed E-state index contributed by atoms with van der Waals surface area (Å²) >= 11 is 0. The molecule has 0 unspecified atom stereocenters. The Balaban J connectivity index is 1.37. The van der Waals surface area contributed by atoms with Crippen LogP contribution in [-0.4, -0.2) is 64.6 Å². The van der Waals surface area contributed by atoms with Crippen LogP contribution in [0, 0.1) is 0 Å². The zero-order chi connectivity index (χ0) is 21.1. The highest BCUT2D eigenvalue weighted by molar-refractivity contribution is 5.90. The standard InChI is InChI=1S/C22H30N6O2/c1-15(2)27-9-6-18(7-10-27)30-20-5-4-16-14-28(11-8-19(16)26-20)17-12-24-21(25-13-17)22(29)23-3/h4-5,12-13,15,18H,6-11,14H2,1-3H3,(H,23,29). The lowest BCUT2D eigenvalue weighted by Gasteiger charge is -2.34. The maximum Gasteiger partial charge on any atom is 0.288 e. The van der Waals surface area contributed by atoms with Crippen molar-refractivity contribution in [3.05, 3.63) is 41.6 Å². The van der Waals surface area contributed by atoms with Crippen LogP contribution in [0.15, 0.2) is 24.5 Å². The molecule has 1 amide bonds. The molecule has 2 aromatic heterocycles. The Labute approximate surface area is 177 Å². The van der Waals surface area contributed by atoms with Crippen molar-refractivity contribution in [2.45, 2.75) is 51.8 Å². The monoisotopic (exact) mass is 410 g/mol. The van der Waals surface area contributed by atoms with Crippen molar-refractivity contribution in [3.8, 4) is 5.88 Å². The van der Waals surface area contributed by atoms with Crippen LogP contribution >= 0.6 is 0 Å². The van der Waals surface area contributed by atoms with Crippen LogP contribution < -0.4 is 15.0 Å². The summed E-state index contributed by atoms with van der Waals surface area (Å²) in [6, 6.07) is 4.70. The number of aromatic nitrogens is 3. The summed E-state index contributed by atoms with van der Waals surface area (Å²) in [4.78, 5) is 29.5. The van der Waals surface area contributed by atoms with Gasteiger partial charge in [-0.1, -0.05) is 6.07 Å². The van der Waals surface area contributed by atoms with Crippen LogP contribution in [0.3, 0.4) is 0 Å². The quantitative estimate of drug-likeness (QED) is 0.808. The molecule has 8 heteroatoms. The third-order valence-electron chi connectivity index (χ3n) is 5.95. The van der Waals surface area contributed by atoms with Crippen molar-refractivity contribution >= 4 is 11.6 Å². The van der Waals surface area contributed by atoms with Gasteiger partial charge in [-0.25, -0.2) is 15.0 Å². The fourth-order valence-corrected chi connectivity index (χ4v) is 4.08. The number of hydrogen-bond donors (Lipinski definition) is 1. The number of ether oxygens (including phenoxy) is 1. The van der Waals surface area contributed by atoms with Crippen LogP contribution in [0.1, 0.15) is 48.6 Å². The van der Waals surface area contributed by atoms with Gasteiger partial charge in [0.25, 0.3) is 5.91 Å². The first-order chi connectivity index (χ1) is 14.5. The van der Waals surface area contributed by atoms with Crippen molar-refractivity contribution in [2.75, 3.05) is 31.6 Å². The number of carbonyl (C=O) groups is 1. The first-order valence-corrected chi connectivity index (χ1v) is 10.7. The molecule has 4 heterocycles. The summed E-state index contributed by atoms with van der Waals surface area (Å²) in [5.74, 6) is 0.641. The van der Waals surface area contributed by atoms with Crippen molar-refractivity contribution in [3.63, 3.8) is 0 Å². The summed E-state index contributed by atoms with van der Waals surface area (Å²) in [7, 11) is 1.57. The van der Waals surface area contributed by atoms with E-state index in [-0.39, 0.29) is 17.8 Å². The van der Waals surface area contributed by atoms with Gasteiger partial charge in [-0.3, -0.25) is 4.79 Å². The Bertz CT molecular complexity index is 878. The van der Waals surface area contributed by atoms with Gasteiger partial charge in [0.2, 0.25) is 11.7 Å². The molecule has 8 nitrogen and oxygen atoms in total. The largest absolute Gasteiger partial charge is 0.474 e. The van der Waals surface area contributed by atoms with Crippen LogP contribution in [0.2, 0.25) is 0 Å². The van der Waals surface area contributed by atoms with E-state index in [1.54, 1.807) is 19.4 Å². The second-order valence-electron chi connectivity index (χ2n) is 8.22. The zero-order valence-corrected chi connectivity index (χ0v) is 18.0. The van der Waals surface area contributed by atoms with Gasteiger partial charge in [0.05, 0.1) is 23.8 Å². The molecule has 1 N–H and O–H groups in total. The predicted molar refractivity (Wildman–Crippen MR) is 115 cm³/mol. The average Bonchev–Trinajstić information content (AvgIpc) is 2.78. The van der Waals surface area contributed by atoms with E-state index in [1.807, 2.05) is 6.07 Å². The molecule has 1 fully saturated rings. The van der Waals surface area contributed by atoms with Crippen molar-refractivity contribution in [1.29, 1.82) is 0 Å². The second kappa shape index (κ2) is 8.95. The summed E-state index contributed by atoms with van der Waals surface area (Å²) in [6.45, 7) is 8.25. The van der Waals surface area contributed by atoms with Gasteiger partial charge in [0.1, 0.15) is 6.10 Å². The highest BCUT2D eigenvalue weighted by atomic mass is 16.5. The smallest absolute Gasteiger partial charge is 0.288 e. The number of nitrogens with zero attached hydrogens (tertiary/aromatic N) is 5. The minimum absolute atomic E-state index is 0.182. The molecule has 1 saturated heterocycles. The molecule has 0 atom stereocenters. The number of anilines is 1. The highest BCUT2D eigenvalue weighted by Gasteiger charge is 2.24. The van der Waals surface area contributed by atoms with Gasteiger partial charge in [-0.2, -0.15) is 0 Å². The number of piperidine rings is 1. The van der Waals surface area contributed by atoms with E-state index in [2.05, 4.69) is 45.0 Å². The predicted octanol–water partition coefficient (Wildman–Crippen LogP) is 2.05. The summed E-state index contributed by atoms with van der Waals surface area (Å²) in [6.07, 6.45) is 6.61. The fraction of sp³-hybridized carbons (Fsp3) is 0.545. The van der Waals surface area contributed by atoms with Crippen LogP contribution in [0.25, 0.3) is 0 Å². The lowest BCUT2D eigenvalue weighted by Crippen LogP contribution is -2.41. The number of fused-ring (bicyclic) bond motifs is 1. The maximum atomic E-state index is 11.6. The number of amides is 1. The summed E-state index contributed by atoms with van der Waals surface area (Å²) < 4.78 is 6.20. The van der Waals surface area contributed by atoms with E-state index in [1.165, 1.54) is 5.56 Å². The van der Waals surface area contributed by atoms with Crippen molar-refractivity contribution in [2.24, 2.45) is 0 Å². The van der Waals surface area contributed by atoms with Crippen LogP contribution in [0.5, 0.6) is 5.88 Å². The summed E-state index contributed by atoms with van der Waals surface area (Å²) in [5.41, 5.74) is 3.20. The molecule has 2 aliphatic rings. The SMILES string of the molecule is CNC(=O)c1ncc(N2CCc3nc(OC4CCN(C(C)C)CC4)ccc3C2)cn1. The molecule has 0 bridgehead atoms. The third kappa shape index (κ3) is 4.53. The topological polar surface area (TPSA) is 83.5 Å². The number of likely N-dealkylation sites (tertiary alicyclic amines) is 1. The fourth-order valence-electron chi connectivity index (χ4n) is 4.08. The van der Waals surface area contributed by atoms with E-state index in [0.29, 0.717) is 6.04 Å². The van der Waals surface area contributed by atoms with Gasteiger partial charge < -0.3 is 19.9 Å². The molecule has 0 aromatic carbocycles. The van der Waals surface area contributed by atoms with Gasteiger partial charge >= 0.3 is 0 Å². The van der Waals surface area contributed by atoms with Gasteiger partial charge in [-0.15, -0.1) is 0 Å². The Hall–Kier alpha value is -2.74. The van der Waals surface area contributed by atoms with Crippen molar-refractivity contribution < 1.29 is 9.53 Å². The minimum atomic E-state index is -0.280. The first-order valence-electron chi connectivity index (χ1n) is 10.7. The number of hydrogen-bond acceptors (Lipinski definition) is 7. The van der Waals surface area contributed by atoms with E-state index in [9.17, 15) is 4.79 Å². The Morgan fingerprint density at radius 2 is 1.90 bits per heavy atom. The lowest BCUT2D eigenvalue weighted by molar-refractivity contribution is 0.0811. The first kappa shape index (κ1) is 20.5. The van der Waals surface area contributed by atoms with Crippen LogP contribution in [0.4, 0.5) is 5.69 Å². The zero-order valence-electron chi connectivity index (χ0n) is 18.0. The van der Waals surface area contributed by atoms with Crippen LogP contribution in [-0.2, 0) is 13.0 Å². The minimum Gasteiger partial charge on any atom is -0.474 e. The van der Waals surface area contributed by atoms with Gasteiger partial charge in [0, 0.05) is 51.8 Å². The molecule has 2 aliphatic heterocycles. The Morgan fingerprint density at radius 1 is 1.17 bits per heavy atom. The van der Waals surface area contributed by atoms with E-state index < -0.39 is 0 Å². The Kier molecular flexibility index (Phi) is 6.13. The highest BCUT2D eigenvalue weighted by Crippen LogP contribution is 2.26. The molecule has 160 valence electrons. The summed E-state index contributed by atoms with van der Waals surface area (Å²) in [5, 5.41) is 2.53. The molecule has 0 aliphatic carbocycles. The van der Waals surface area contributed by atoms with E-state index >= 15 is 0 Å². The molecule has 30 heavy (non-hydrogen) atoms. The molecular formula is C22H30N6O2.